The molecule has 0 radical (unpaired) electrons. The van der Waals surface area contributed by atoms with E-state index in [-0.39, 0.29) is 13.2 Å². The van der Waals surface area contributed by atoms with Crippen molar-refractivity contribution in [1.29, 1.82) is 0 Å². The van der Waals surface area contributed by atoms with Gasteiger partial charge in [0.25, 0.3) is 11.8 Å². The Morgan fingerprint density at radius 3 is 1.36 bits per heavy atom. The fraction of sp³-hybridized carbons (Fsp3) is 0.100. The fourth-order valence-electron chi connectivity index (χ4n) is 1.89. The highest BCUT2D eigenvalue weighted by atomic mass is 16.6. The third-order valence-corrected chi connectivity index (χ3v) is 3.18. The predicted molar refractivity (Wildman–Crippen MR) is 98.3 cm³/mol. The summed E-state index contributed by atoms with van der Waals surface area (Å²) in [6.45, 7) is -0.607. The normalized spacial score (nSPS) is 9.29. The maximum atomic E-state index is 11.7. The van der Waals surface area contributed by atoms with Gasteiger partial charge in [-0.3, -0.25) is 20.2 Å². The highest BCUT2D eigenvalue weighted by Gasteiger charge is 2.10. The molecule has 0 bridgehead atoms. The molecule has 0 aliphatic heterocycles. The number of rotatable bonds is 4. The molecule has 142 valence electrons. The highest BCUT2D eigenvalue weighted by molar-refractivity contribution is 6.03. The van der Waals surface area contributed by atoms with E-state index < -0.39 is 24.0 Å². The minimum Gasteiger partial charge on any atom is -0.436 e. The molecule has 8 heteroatoms. The number of nitrogens with one attached hydrogen (secondary N) is 2. The number of hydrogen-bond acceptors (Lipinski definition) is 6. The van der Waals surface area contributed by atoms with Crippen LogP contribution in [-0.4, -0.2) is 37.2 Å². The number of ether oxygens (including phenoxy) is 2. The maximum absolute atomic E-state index is 11.7. The smallest absolute Gasteiger partial charge is 0.415 e. The van der Waals surface area contributed by atoms with Gasteiger partial charge in [0.05, 0.1) is 0 Å². The van der Waals surface area contributed by atoms with Crippen LogP contribution < -0.4 is 10.6 Å². The van der Waals surface area contributed by atoms with E-state index >= 15 is 0 Å². The Labute approximate surface area is 160 Å². The van der Waals surface area contributed by atoms with E-state index in [9.17, 15) is 19.2 Å². The standard InChI is InChI=1S/C20H16N2O6/c23-17(15-9-3-1-4-10-15)21-19(25)27-13-7-8-14-28-20(26)22-18(24)16-11-5-2-6-12-16/h1-6,9-12H,13-14H2,(H,21,23,25)(H,22,24,26). The van der Waals surface area contributed by atoms with Crippen molar-refractivity contribution in [2.75, 3.05) is 13.2 Å². The number of hydrogen-bond donors (Lipinski definition) is 2. The van der Waals surface area contributed by atoms with Gasteiger partial charge in [0.1, 0.15) is 0 Å². The van der Waals surface area contributed by atoms with E-state index in [1.54, 1.807) is 60.7 Å². The maximum Gasteiger partial charge on any atom is 0.415 e. The van der Waals surface area contributed by atoms with Crippen LogP contribution >= 0.6 is 0 Å². The quantitative estimate of drug-likeness (QED) is 0.786. The summed E-state index contributed by atoms with van der Waals surface area (Å²) in [7, 11) is 0. The van der Waals surface area contributed by atoms with Crippen molar-refractivity contribution in [2.45, 2.75) is 0 Å². The zero-order valence-corrected chi connectivity index (χ0v) is 14.6. The molecular weight excluding hydrogens is 364 g/mol. The fourth-order valence-corrected chi connectivity index (χ4v) is 1.89. The number of amides is 4. The highest BCUT2D eigenvalue weighted by Crippen LogP contribution is 1.98. The lowest BCUT2D eigenvalue weighted by Crippen LogP contribution is -2.31. The molecule has 0 aromatic heterocycles. The molecule has 0 aliphatic carbocycles. The summed E-state index contributed by atoms with van der Waals surface area (Å²) in [4.78, 5) is 46.4. The monoisotopic (exact) mass is 380 g/mol. The van der Waals surface area contributed by atoms with Gasteiger partial charge in [0, 0.05) is 11.1 Å². The second-order valence-corrected chi connectivity index (χ2v) is 5.15. The number of carbonyl (C=O) groups excluding carboxylic acids is 4. The summed E-state index contributed by atoms with van der Waals surface area (Å²) in [5.74, 6) is 3.68. The Morgan fingerprint density at radius 1 is 0.643 bits per heavy atom. The van der Waals surface area contributed by atoms with Crippen molar-refractivity contribution >= 4 is 24.0 Å². The summed E-state index contributed by atoms with van der Waals surface area (Å²) in [5, 5.41) is 4.08. The van der Waals surface area contributed by atoms with Gasteiger partial charge >= 0.3 is 12.2 Å². The van der Waals surface area contributed by atoms with Crippen molar-refractivity contribution in [3.8, 4) is 11.8 Å². The van der Waals surface area contributed by atoms with E-state index in [1.807, 2.05) is 10.6 Å². The molecule has 2 rings (SSSR count). The van der Waals surface area contributed by atoms with E-state index in [0.717, 1.165) is 0 Å². The van der Waals surface area contributed by atoms with Crippen LogP contribution in [0.4, 0.5) is 9.59 Å². The van der Waals surface area contributed by atoms with Gasteiger partial charge in [-0.1, -0.05) is 48.2 Å². The lowest BCUT2D eigenvalue weighted by atomic mass is 10.2. The van der Waals surface area contributed by atoms with Crippen LogP contribution in [-0.2, 0) is 9.47 Å². The Bertz CT molecular complexity index is 827. The first-order valence-corrected chi connectivity index (χ1v) is 8.08. The van der Waals surface area contributed by atoms with E-state index in [0.29, 0.717) is 11.1 Å². The summed E-state index contributed by atoms with van der Waals surface area (Å²) >= 11 is 0. The van der Waals surface area contributed by atoms with Gasteiger partial charge in [-0.2, -0.15) is 0 Å². The minimum atomic E-state index is -0.949. The molecule has 0 unspecified atom stereocenters. The molecule has 0 saturated carbocycles. The molecule has 4 amide bonds. The first kappa shape index (κ1) is 20.2. The lowest BCUT2D eigenvalue weighted by Gasteiger charge is -2.03. The molecule has 2 aromatic carbocycles. The van der Waals surface area contributed by atoms with Crippen LogP contribution in [0.5, 0.6) is 0 Å². The van der Waals surface area contributed by atoms with Crippen molar-refractivity contribution in [3.05, 3.63) is 71.8 Å². The third-order valence-electron chi connectivity index (χ3n) is 3.18. The topological polar surface area (TPSA) is 111 Å². The van der Waals surface area contributed by atoms with Gasteiger partial charge in [0.15, 0.2) is 13.2 Å². The summed E-state index contributed by atoms with van der Waals surface area (Å²) in [5.41, 5.74) is 0.630. The molecule has 8 nitrogen and oxygen atoms in total. The van der Waals surface area contributed by atoms with Gasteiger partial charge in [-0.15, -0.1) is 0 Å². The molecule has 0 atom stereocenters. The van der Waals surface area contributed by atoms with Crippen LogP contribution in [0.2, 0.25) is 0 Å². The number of benzene rings is 2. The van der Waals surface area contributed by atoms with E-state index in [4.69, 9.17) is 9.47 Å². The zero-order chi connectivity index (χ0) is 20.2. The average Bonchev–Trinajstić information content (AvgIpc) is 2.71. The van der Waals surface area contributed by atoms with Gasteiger partial charge in [-0.05, 0) is 24.3 Å². The van der Waals surface area contributed by atoms with E-state index in [1.165, 1.54) is 0 Å². The first-order chi connectivity index (χ1) is 13.6. The predicted octanol–water partition coefficient (Wildman–Crippen LogP) is 2.12. The van der Waals surface area contributed by atoms with Crippen molar-refractivity contribution < 1.29 is 28.7 Å². The number of alkyl carbamates (subject to hydrolysis) is 2. The minimum absolute atomic E-state index is 0.304. The molecule has 2 N–H and O–H groups in total. The molecule has 0 spiro atoms. The molecule has 0 heterocycles. The van der Waals surface area contributed by atoms with Gasteiger partial charge < -0.3 is 9.47 Å². The number of carbonyl (C=O) groups is 4. The van der Waals surface area contributed by atoms with Crippen LogP contribution in [0, 0.1) is 11.8 Å². The molecule has 0 saturated heterocycles. The largest absolute Gasteiger partial charge is 0.436 e. The molecule has 0 fully saturated rings. The third kappa shape index (κ3) is 7.01. The molecular formula is C20H16N2O6. The Morgan fingerprint density at radius 2 is 1.00 bits per heavy atom. The van der Waals surface area contributed by atoms with Crippen molar-refractivity contribution in [1.82, 2.24) is 10.6 Å². The SMILES string of the molecule is O=C(NC(=O)c1ccccc1)OCC#CCOC(=O)NC(=O)c1ccccc1. The van der Waals surface area contributed by atoms with Gasteiger partial charge in [-0.25, -0.2) is 9.59 Å². The molecule has 28 heavy (non-hydrogen) atoms. The summed E-state index contributed by atoms with van der Waals surface area (Å²) in [6.07, 6.45) is -1.90. The van der Waals surface area contributed by atoms with Gasteiger partial charge in [0.2, 0.25) is 0 Å². The second-order valence-electron chi connectivity index (χ2n) is 5.15. The Hall–Kier alpha value is -4.12. The van der Waals surface area contributed by atoms with Crippen molar-refractivity contribution in [3.63, 3.8) is 0 Å². The van der Waals surface area contributed by atoms with E-state index in [2.05, 4.69) is 11.8 Å². The summed E-state index contributed by atoms with van der Waals surface area (Å²) < 4.78 is 9.42. The Kier molecular flexibility index (Phi) is 7.77. The number of imide groups is 2. The van der Waals surface area contributed by atoms with Crippen LogP contribution in [0.3, 0.4) is 0 Å². The average molecular weight is 380 g/mol. The zero-order valence-electron chi connectivity index (χ0n) is 14.6. The van der Waals surface area contributed by atoms with Crippen LogP contribution in [0.15, 0.2) is 60.7 Å². The molecule has 2 aromatic rings. The lowest BCUT2D eigenvalue weighted by molar-refractivity contribution is 0.0916. The summed E-state index contributed by atoms with van der Waals surface area (Å²) in [6, 6.07) is 16.3. The second kappa shape index (κ2) is 10.8. The van der Waals surface area contributed by atoms with Crippen molar-refractivity contribution in [2.24, 2.45) is 0 Å². The Balaban J connectivity index is 1.63. The van der Waals surface area contributed by atoms with Crippen LogP contribution in [0.25, 0.3) is 0 Å². The van der Waals surface area contributed by atoms with Crippen LogP contribution in [0.1, 0.15) is 20.7 Å². The first-order valence-electron chi connectivity index (χ1n) is 8.08. The molecule has 0 aliphatic rings.